The third-order valence-electron chi connectivity index (χ3n) is 3.11. The second kappa shape index (κ2) is 5.00. The van der Waals surface area contributed by atoms with Crippen LogP contribution in [0.25, 0.3) is 0 Å². The summed E-state index contributed by atoms with van der Waals surface area (Å²) >= 11 is 0. The van der Waals surface area contributed by atoms with Gasteiger partial charge in [0.1, 0.15) is 0 Å². The molecule has 1 amide bonds. The molecule has 1 heterocycles. The smallest absolute Gasteiger partial charge is 0.339 e. The van der Waals surface area contributed by atoms with Gasteiger partial charge in [-0.3, -0.25) is 4.79 Å². The normalized spacial score (nSPS) is 16.7. The molecule has 0 radical (unpaired) electrons. The quantitative estimate of drug-likeness (QED) is 0.755. The van der Waals surface area contributed by atoms with Crippen molar-refractivity contribution >= 4 is 5.91 Å². The molecule has 0 aliphatic carbocycles. The number of rotatable bonds is 1. The van der Waals surface area contributed by atoms with E-state index in [0.717, 1.165) is 25.3 Å². The van der Waals surface area contributed by atoms with E-state index in [-0.39, 0.29) is 5.56 Å². The number of piperidine rings is 1. The van der Waals surface area contributed by atoms with E-state index in [9.17, 15) is 18.0 Å². The van der Waals surface area contributed by atoms with Crippen LogP contribution in [-0.2, 0) is 6.18 Å². The van der Waals surface area contributed by atoms with Crippen LogP contribution in [0.3, 0.4) is 0 Å². The molecular formula is C13H14F3NO. The standard InChI is InChI=1S/C13H14F3NO/c14-13(15,16)11-7-3-2-6-10(11)12(18)17-8-4-1-5-9-17/h2-3,6-7H,1,4-5,8-9H2. The summed E-state index contributed by atoms with van der Waals surface area (Å²) in [6.07, 6.45) is -1.73. The number of nitrogens with zero attached hydrogens (tertiary/aromatic N) is 1. The highest BCUT2D eigenvalue weighted by atomic mass is 19.4. The average molecular weight is 257 g/mol. The molecule has 18 heavy (non-hydrogen) atoms. The van der Waals surface area contributed by atoms with E-state index < -0.39 is 17.6 Å². The summed E-state index contributed by atoms with van der Waals surface area (Å²) in [7, 11) is 0. The molecular weight excluding hydrogens is 243 g/mol. The van der Waals surface area contributed by atoms with E-state index in [4.69, 9.17) is 0 Å². The number of hydrogen-bond donors (Lipinski definition) is 0. The predicted octanol–water partition coefficient (Wildman–Crippen LogP) is 3.33. The number of carbonyl (C=O) groups is 1. The van der Waals surface area contributed by atoms with Gasteiger partial charge in [-0.1, -0.05) is 12.1 Å². The lowest BCUT2D eigenvalue weighted by Crippen LogP contribution is -2.36. The minimum absolute atomic E-state index is 0.244. The lowest BCUT2D eigenvalue weighted by atomic mass is 10.0. The average Bonchev–Trinajstić information content (AvgIpc) is 2.38. The highest BCUT2D eigenvalue weighted by molar-refractivity contribution is 5.96. The maximum Gasteiger partial charge on any atom is 0.417 e. The molecule has 1 aliphatic heterocycles. The molecule has 0 bridgehead atoms. The van der Waals surface area contributed by atoms with E-state index in [1.807, 2.05) is 0 Å². The Morgan fingerprint density at radius 1 is 1.06 bits per heavy atom. The van der Waals surface area contributed by atoms with E-state index in [0.29, 0.717) is 13.1 Å². The van der Waals surface area contributed by atoms with Gasteiger partial charge in [0, 0.05) is 13.1 Å². The number of hydrogen-bond acceptors (Lipinski definition) is 1. The number of carbonyl (C=O) groups excluding carboxylic acids is 1. The SMILES string of the molecule is O=C(c1ccccc1C(F)(F)F)N1CCCCC1. The summed E-state index contributed by atoms with van der Waals surface area (Å²) in [4.78, 5) is 13.6. The Morgan fingerprint density at radius 3 is 2.28 bits per heavy atom. The highest BCUT2D eigenvalue weighted by Crippen LogP contribution is 2.32. The van der Waals surface area contributed by atoms with Crippen molar-refractivity contribution in [3.8, 4) is 0 Å². The first-order chi connectivity index (χ1) is 8.50. The van der Waals surface area contributed by atoms with Gasteiger partial charge in [0.2, 0.25) is 0 Å². The molecule has 1 aliphatic rings. The van der Waals surface area contributed by atoms with Gasteiger partial charge < -0.3 is 4.90 Å². The number of alkyl halides is 3. The Labute approximate surface area is 103 Å². The van der Waals surface area contributed by atoms with E-state index in [1.165, 1.54) is 23.1 Å². The van der Waals surface area contributed by atoms with Gasteiger partial charge in [0.25, 0.3) is 5.91 Å². The second-order valence-electron chi connectivity index (χ2n) is 4.40. The molecule has 1 saturated heterocycles. The Kier molecular flexibility index (Phi) is 3.59. The van der Waals surface area contributed by atoms with Crippen molar-refractivity contribution in [2.45, 2.75) is 25.4 Å². The van der Waals surface area contributed by atoms with Crippen LogP contribution in [0.4, 0.5) is 13.2 Å². The molecule has 1 fully saturated rings. The Hall–Kier alpha value is -1.52. The maximum absolute atomic E-state index is 12.8. The summed E-state index contributed by atoms with van der Waals surface area (Å²) in [5.74, 6) is -0.511. The summed E-state index contributed by atoms with van der Waals surface area (Å²) in [5.41, 5.74) is -1.09. The topological polar surface area (TPSA) is 20.3 Å². The number of benzene rings is 1. The van der Waals surface area contributed by atoms with Gasteiger partial charge in [-0.15, -0.1) is 0 Å². The first kappa shape index (κ1) is 12.9. The molecule has 5 heteroatoms. The summed E-state index contributed by atoms with van der Waals surface area (Å²) < 4.78 is 38.4. The van der Waals surface area contributed by atoms with E-state index in [2.05, 4.69) is 0 Å². The zero-order chi connectivity index (χ0) is 13.2. The van der Waals surface area contributed by atoms with Crippen LogP contribution in [0.15, 0.2) is 24.3 Å². The van der Waals surface area contributed by atoms with Gasteiger partial charge in [0.05, 0.1) is 11.1 Å². The molecule has 0 aromatic heterocycles. The lowest BCUT2D eigenvalue weighted by Gasteiger charge is -2.27. The maximum atomic E-state index is 12.8. The predicted molar refractivity (Wildman–Crippen MR) is 61.2 cm³/mol. The van der Waals surface area contributed by atoms with E-state index in [1.54, 1.807) is 0 Å². The lowest BCUT2D eigenvalue weighted by molar-refractivity contribution is -0.138. The molecule has 0 N–H and O–H groups in total. The van der Waals surface area contributed by atoms with Crippen LogP contribution >= 0.6 is 0 Å². The van der Waals surface area contributed by atoms with Crippen LogP contribution in [0, 0.1) is 0 Å². The molecule has 0 atom stereocenters. The van der Waals surface area contributed by atoms with Crippen molar-refractivity contribution in [2.75, 3.05) is 13.1 Å². The zero-order valence-corrected chi connectivity index (χ0v) is 9.83. The van der Waals surface area contributed by atoms with Gasteiger partial charge in [0.15, 0.2) is 0 Å². The van der Waals surface area contributed by atoms with Crippen molar-refractivity contribution in [3.63, 3.8) is 0 Å². The summed E-state index contributed by atoms with van der Waals surface area (Å²) in [6, 6.07) is 4.97. The molecule has 0 saturated carbocycles. The van der Waals surface area contributed by atoms with Gasteiger partial charge in [-0.05, 0) is 31.4 Å². The summed E-state index contributed by atoms with van der Waals surface area (Å²) in [5, 5.41) is 0. The van der Waals surface area contributed by atoms with Gasteiger partial charge in [-0.2, -0.15) is 13.2 Å². The van der Waals surface area contributed by atoms with Crippen molar-refractivity contribution in [1.29, 1.82) is 0 Å². The zero-order valence-electron chi connectivity index (χ0n) is 9.83. The van der Waals surface area contributed by atoms with Crippen LogP contribution in [0.1, 0.15) is 35.2 Å². The van der Waals surface area contributed by atoms with Crippen LogP contribution < -0.4 is 0 Å². The van der Waals surface area contributed by atoms with Crippen LogP contribution in [0.5, 0.6) is 0 Å². The fourth-order valence-corrected chi connectivity index (χ4v) is 2.18. The largest absolute Gasteiger partial charge is 0.417 e. The van der Waals surface area contributed by atoms with Crippen molar-refractivity contribution in [2.24, 2.45) is 0 Å². The minimum atomic E-state index is -4.48. The van der Waals surface area contributed by atoms with Crippen LogP contribution in [-0.4, -0.2) is 23.9 Å². The first-order valence-electron chi connectivity index (χ1n) is 5.95. The van der Waals surface area contributed by atoms with Crippen molar-refractivity contribution in [1.82, 2.24) is 4.90 Å². The molecule has 98 valence electrons. The number of halogens is 3. The number of likely N-dealkylation sites (tertiary alicyclic amines) is 1. The van der Waals surface area contributed by atoms with Crippen molar-refractivity contribution < 1.29 is 18.0 Å². The number of amides is 1. The van der Waals surface area contributed by atoms with Crippen LogP contribution in [0.2, 0.25) is 0 Å². The first-order valence-corrected chi connectivity index (χ1v) is 5.95. The fourth-order valence-electron chi connectivity index (χ4n) is 2.18. The second-order valence-corrected chi connectivity index (χ2v) is 4.40. The minimum Gasteiger partial charge on any atom is -0.339 e. The Morgan fingerprint density at radius 2 is 1.67 bits per heavy atom. The third kappa shape index (κ3) is 2.66. The highest BCUT2D eigenvalue weighted by Gasteiger charge is 2.35. The molecule has 0 spiro atoms. The molecule has 1 aromatic rings. The fraction of sp³-hybridized carbons (Fsp3) is 0.462. The molecule has 2 rings (SSSR count). The van der Waals surface area contributed by atoms with Crippen molar-refractivity contribution in [3.05, 3.63) is 35.4 Å². The van der Waals surface area contributed by atoms with Gasteiger partial charge >= 0.3 is 6.18 Å². The molecule has 2 nitrogen and oxygen atoms in total. The van der Waals surface area contributed by atoms with E-state index >= 15 is 0 Å². The summed E-state index contributed by atoms with van der Waals surface area (Å²) in [6.45, 7) is 1.09. The van der Waals surface area contributed by atoms with Gasteiger partial charge in [-0.25, -0.2) is 0 Å². The molecule has 0 unspecified atom stereocenters. The Balaban J connectivity index is 2.30. The monoisotopic (exact) mass is 257 g/mol. The third-order valence-corrected chi connectivity index (χ3v) is 3.11. The molecule has 1 aromatic carbocycles. The Bertz CT molecular complexity index is 436.